The maximum absolute atomic E-state index is 12.7. The molecule has 0 saturated carbocycles. The molecule has 0 bridgehead atoms. The van der Waals surface area contributed by atoms with Crippen molar-refractivity contribution >= 4 is 23.3 Å². The van der Waals surface area contributed by atoms with Crippen LogP contribution in [0.5, 0.6) is 5.75 Å². The van der Waals surface area contributed by atoms with E-state index >= 15 is 0 Å². The third-order valence-electron chi connectivity index (χ3n) is 3.87. The Labute approximate surface area is 169 Å². The molecule has 3 aromatic rings. The van der Waals surface area contributed by atoms with Crippen molar-refractivity contribution in [2.24, 2.45) is 0 Å². The van der Waals surface area contributed by atoms with Crippen LogP contribution in [0.1, 0.15) is 15.9 Å². The summed E-state index contributed by atoms with van der Waals surface area (Å²) in [6.07, 6.45) is -2.95. The van der Waals surface area contributed by atoms with E-state index in [2.05, 4.69) is 15.6 Å². The van der Waals surface area contributed by atoms with Crippen LogP contribution in [0.2, 0.25) is 0 Å². The lowest BCUT2D eigenvalue weighted by molar-refractivity contribution is -0.137. The lowest BCUT2D eigenvalue weighted by Gasteiger charge is -2.11. The van der Waals surface area contributed by atoms with Gasteiger partial charge in [0.05, 0.1) is 5.56 Å². The summed E-state index contributed by atoms with van der Waals surface area (Å²) in [5, 5.41) is 4.98. The van der Waals surface area contributed by atoms with E-state index in [1.54, 1.807) is 24.4 Å². The van der Waals surface area contributed by atoms with Gasteiger partial charge in [0.2, 0.25) is 0 Å². The van der Waals surface area contributed by atoms with Crippen LogP contribution in [-0.2, 0) is 11.0 Å². The predicted molar refractivity (Wildman–Crippen MR) is 104 cm³/mol. The van der Waals surface area contributed by atoms with Gasteiger partial charge in [-0.1, -0.05) is 12.1 Å². The number of aromatic nitrogens is 1. The molecule has 0 aliphatic carbocycles. The van der Waals surface area contributed by atoms with Crippen molar-refractivity contribution in [3.8, 4) is 5.75 Å². The Hall–Kier alpha value is -3.88. The quantitative estimate of drug-likeness (QED) is 0.627. The second-order valence-electron chi connectivity index (χ2n) is 6.11. The van der Waals surface area contributed by atoms with Crippen molar-refractivity contribution in [1.82, 2.24) is 4.98 Å². The molecular weight excluding hydrogens is 399 g/mol. The Kier molecular flexibility index (Phi) is 6.31. The first-order valence-corrected chi connectivity index (χ1v) is 8.73. The number of nitrogens with one attached hydrogen (secondary N) is 2. The zero-order valence-corrected chi connectivity index (χ0v) is 15.4. The predicted octanol–water partition coefficient (Wildman–Crippen LogP) is 4.37. The first kappa shape index (κ1) is 20.8. The molecule has 0 spiro atoms. The number of hydrogen-bond donors (Lipinski definition) is 2. The highest BCUT2D eigenvalue weighted by molar-refractivity contribution is 6.03. The Morgan fingerprint density at radius 1 is 0.933 bits per heavy atom. The molecule has 154 valence electrons. The van der Waals surface area contributed by atoms with E-state index in [1.807, 2.05) is 0 Å². The number of anilines is 2. The first-order chi connectivity index (χ1) is 14.3. The van der Waals surface area contributed by atoms with Crippen LogP contribution in [0.15, 0.2) is 72.9 Å². The summed E-state index contributed by atoms with van der Waals surface area (Å²) in [6.45, 7) is -0.407. The number of rotatable bonds is 6. The van der Waals surface area contributed by atoms with E-state index in [9.17, 15) is 22.8 Å². The number of ether oxygens (including phenoxy) is 1. The van der Waals surface area contributed by atoms with Gasteiger partial charge in [0.15, 0.2) is 6.61 Å². The van der Waals surface area contributed by atoms with Gasteiger partial charge in [-0.15, -0.1) is 0 Å². The highest BCUT2D eigenvalue weighted by atomic mass is 19.4. The van der Waals surface area contributed by atoms with Crippen molar-refractivity contribution < 1.29 is 27.5 Å². The van der Waals surface area contributed by atoms with Crippen LogP contribution in [0.25, 0.3) is 0 Å². The SMILES string of the molecule is O=C(COc1ccc(C(=O)Nc2ccccn2)cc1)Nc1cccc(C(F)(F)F)c1. The number of benzene rings is 2. The summed E-state index contributed by atoms with van der Waals surface area (Å²) in [6, 6.07) is 15.5. The van der Waals surface area contributed by atoms with Crippen LogP contribution in [0.3, 0.4) is 0 Å². The average Bonchev–Trinajstić information content (AvgIpc) is 2.73. The molecule has 0 fully saturated rings. The van der Waals surface area contributed by atoms with Crippen LogP contribution in [0.4, 0.5) is 24.7 Å². The third kappa shape index (κ3) is 5.81. The van der Waals surface area contributed by atoms with Crippen LogP contribution in [-0.4, -0.2) is 23.4 Å². The standard InChI is InChI=1S/C21H16F3N3O3/c22-21(23,24)15-4-3-5-16(12-15)26-19(28)13-30-17-9-7-14(8-10-17)20(29)27-18-6-1-2-11-25-18/h1-12H,13H2,(H,26,28)(H,25,27,29). The van der Waals surface area contributed by atoms with Gasteiger partial charge in [-0.25, -0.2) is 4.98 Å². The Morgan fingerprint density at radius 3 is 2.37 bits per heavy atom. The van der Waals surface area contributed by atoms with E-state index < -0.39 is 24.3 Å². The molecule has 6 nitrogen and oxygen atoms in total. The zero-order chi connectivity index (χ0) is 21.6. The molecule has 2 amide bonds. The smallest absolute Gasteiger partial charge is 0.416 e. The van der Waals surface area contributed by atoms with E-state index in [0.29, 0.717) is 17.1 Å². The van der Waals surface area contributed by atoms with E-state index in [1.165, 1.54) is 36.4 Å². The van der Waals surface area contributed by atoms with Crippen molar-refractivity contribution in [2.45, 2.75) is 6.18 Å². The van der Waals surface area contributed by atoms with Gasteiger partial charge in [-0.3, -0.25) is 9.59 Å². The minimum absolute atomic E-state index is 0.0139. The second kappa shape index (κ2) is 9.08. The van der Waals surface area contributed by atoms with Gasteiger partial charge >= 0.3 is 6.18 Å². The topological polar surface area (TPSA) is 80.3 Å². The molecule has 1 heterocycles. The maximum atomic E-state index is 12.7. The lowest BCUT2D eigenvalue weighted by Crippen LogP contribution is -2.20. The summed E-state index contributed by atoms with van der Waals surface area (Å²) in [5.41, 5.74) is -0.484. The number of nitrogens with zero attached hydrogens (tertiary/aromatic N) is 1. The minimum Gasteiger partial charge on any atom is -0.484 e. The number of carbonyl (C=O) groups excluding carboxylic acids is 2. The molecule has 0 unspecified atom stereocenters. The van der Waals surface area contributed by atoms with Gasteiger partial charge < -0.3 is 15.4 Å². The van der Waals surface area contributed by atoms with E-state index in [4.69, 9.17) is 4.74 Å². The molecule has 0 aliphatic rings. The number of pyridine rings is 1. The largest absolute Gasteiger partial charge is 0.484 e. The van der Waals surface area contributed by atoms with E-state index in [-0.39, 0.29) is 11.6 Å². The number of alkyl halides is 3. The average molecular weight is 415 g/mol. The van der Waals surface area contributed by atoms with Gasteiger partial charge in [0, 0.05) is 17.4 Å². The van der Waals surface area contributed by atoms with Crippen molar-refractivity contribution in [2.75, 3.05) is 17.2 Å². The maximum Gasteiger partial charge on any atom is 0.416 e. The van der Waals surface area contributed by atoms with Crippen LogP contribution in [0, 0.1) is 0 Å². The normalized spacial score (nSPS) is 10.9. The van der Waals surface area contributed by atoms with Crippen LogP contribution < -0.4 is 15.4 Å². The third-order valence-corrected chi connectivity index (χ3v) is 3.87. The Bertz CT molecular complexity index is 1020. The number of carbonyl (C=O) groups is 2. The molecule has 0 aliphatic heterocycles. The molecule has 9 heteroatoms. The monoisotopic (exact) mass is 415 g/mol. The van der Waals surface area contributed by atoms with Gasteiger partial charge in [0.1, 0.15) is 11.6 Å². The number of halogens is 3. The fourth-order valence-electron chi connectivity index (χ4n) is 2.45. The Morgan fingerprint density at radius 2 is 1.70 bits per heavy atom. The lowest BCUT2D eigenvalue weighted by atomic mass is 10.2. The number of hydrogen-bond acceptors (Lipinski definition) is 4. The van der Waals surface area contributed by atoms with Crippen molar-refractivity contribution in [1.29, 1.82) is 0 Å². The second-order valence-corrected chi connectivity index (χ2v) is 6.11. The molecular formula is C21H16F3N3O3. The summed E-state index contributed by atoms with van der Waals surface area (Å²) in [7, 11) is 0. The molecule has 0 atom stereocenters. The molecule has 2 N–H and O–H groups in total. The fraction of sp³-hybridized carbons (Fsp3) is 0.0952. The molecule has 1 aromatic heterocycles. The van der Waals surface area contributed by atoms with Gasteiger partial charge in [-0.05, 0) is 54.6 Å². The Balaban J connectivity index is 1.52. The summed E-state index contributed by atoms with van der Waals surface area (Å²) in [4.78, 5) is 28.1. The fourth-order valence-corrected chi connectivity index (χ4v) is 2.45. The highest BCUT2D eigenvalue weighted by Gasteiger charge is 2.30. The molecule has 2 aromatic carbocycles. The van der Waals surface area contributed by atoms with Crippen molar-refractivity contribution in [3.05, 3.63) is 84.1 Å². The molecule has 0 saturated heterocycles. The summed E-state index contributed by atoms with van der Waals surface area (Å²) < 4.78 is 43.5. The zero-order valence-electron chi connectivity index (χ0n) is 15.4. The van der Waals surface area contributed by atoms with E-state index in [0.717, 1.165) is 12.1 Å². The van der Waals surface area contributed by atoms with Crippen LogP contribution >= 0.6 is 0 Å². The highest BCUT2D eigenvalue weighted by Crippen LogP contribution is 2.30. The molecule has 0 radical (unpaired) electrons. The van der Waals surface area contributed by atoms with Gasteiger partial charge in [0.25, 0.3) is 11.8 Å². The first-order valence-electron chi connectivity index (χ1n) is 8.73. The minimum atomic E-state index is -4.50. The molecule has 3 rings (SSSR count). The summed E-state index contributed by atoms with van der Waals surface area (Å²) >= 11 is 0. The van der Waals surface area contributed by atoms with Crippen molar-refractivity contribution in [3.63, 3.8) is 0 Å². The molecule has 30 heavy (non-hydrogen) atoms. The van der Waals surface area contributed by atoms with Gasteiger partial charge in [-0.2, -0.15) is 13.2 Å². The summed E-state index contributed by atoms with van der Waals surface area (Å²) in [5.74, 6) is -0.244. The number of amides is 2.